The molecule has 18 heavy (non-hydrogen) atoms. The highest BCUT2D eigenvalue weighted by atomic mass is 16.5. The first-order valence-electron chi connectivity index (χ1n) is 5.35. The second-order valence-corrected chi connectivity index (χ2v) is 3.67. The Balaban J connectivity index is 2.00. The van der Waals surface area contributed by atoms with Gasteiger partial charge < -0.3 is 20.5 Å². The van der Waals surface area contributed by atoms with E-state index < -0.39 is 5.97 Å². The summed E-state index contributed by atoms with van der Waals surface area (Å²) >= 11 is 0. The first-order valence-corrected chi connectivity index (χ1v) is 5.35. The monoisotopic (exact) mass is 248 g/mol. The lowest BCUT2D eigenvalue weighted by molar-refractivity contribution is -0.131. The average Bonchev–Trinajstić information content (AvgIpc) is 2.34. The maximum absolute atomic E-state index is 11.1. The number of fused-ring (bicyclic) bond motifs is 1. The molecule has 1 aliphatic rings. The lowest BCUT2D eigenvalue weighted by Crippen LogP contribution is -2.25. The van der Waals surface area contributed by atoms with E-state index in [0.717, 1.165) is 11.8 Å². The van der Waals surface area contributed by atoms with Crippen LogP contribution in [0.15, 0.2) is 30.4 Å². The fourth-order valence-electron chi connectivity index (χ4n) is 1.53. The van der Waals surface area contributed by atoms with Crippen molar-refractivity contribution < 1.29 is 19.4 Å². The molecule has 6 heteroatoms. The third kappa shape index (κ3) is 3.00. The number of nitrogens with one attached hydrogen (secondary N) is 2. The van der Waals surface area contributed by atoms with Crippen LogP contribution < -0.4 is 15.4 Å². The van der Waals surface area contributed by atoms with Crippen molar-refractivity contribution in [3.05, 3.63) is 30.4 Å². The summed E-state index contributed by atoms with van der Waals surface area (Å²) in [5.41, 5.74) is 1.38. The topological polar surface area (TPSA) is 87.7 Å². The quantitative estimate of drug-likeness (QED) is 0.694. The van der Waals surface area contributed by atoms with E-state index in [1.54, 1.807) is 18.2 Å². The molecule has 1 heterocycles. The van der Waals surface area contributed by atoms with Gasteiger partial charge in [0.15, 0.2) is 6.61 Å². The van der Waals surface area contributed by atoms with Gasteiger partial charge in [0.25, 0.3) is 5.91 Å². The van der Waals surface area contributed by atoms with Crippen molar-refractivity contribution in [1.82, 2.24) is 0 Å². The fourth-order valence-corrected chi connectivity index (χ4v) is 1.53. The number of hydrogen-bond donors (Lipinski definition) is 3. The first-order chi connectivity index (χ1) is 8.65. The summed E-state index contributed by atoms with van der Waals surface area (Å²) in [7, 11) is 0. The third-order valence-electron chi connectivity index (χ3n) is 2.30. The number of anilines is 2. The van der Waals surface area contributed by atoms with Crippen molar-refractivity contribution in [2.24, 2.45) is 0 Å². The number of hydrogen-bond acceptors (Lipinski definition) is 4. The minimum atomic E-state index is -0.983. The van der Waals surface area contributed by atoms with Gasteiger partial charge in [0.05, 0.1) is 5.69 Å². The lowest BCUT2D eigenvalue weighted by Gasteiger charge is -2.18. The smallest absolute Gasteiger partial charge is 0.328 e. The summed E-state index contributed by atoms with van der Waals surface area (Å²) in [6, 6.07) is 5.28. The second kappa shape index (κ2) is 5.22. The van der Waals surface area contributed by atoms with Gasteiger partial charge in [-0.25, -0.2) is 4.79 Å². The standard InChI is InChI=1S/C12H12N2O4/c15-11-7-18-10-4-3-8(6-9(10)14-11)13-5-1-2-12(16)17/h1-4,6,13H,5,7H2,(H,14,15)(H,16,17)/b2-1+. The minimum Gasteiger partial charge on any atom is -0.482 e. The van der Waals surface area contributed by atoms with Gasteiger partial charge in [-0.05, 0) is 18.2 Å². The first kappa shape index (κ1) is 12.0. The Kier molecular flexibility index (Phi) is 3.47. The number of carboxylic acid groups (broad SMARTS) is 1. The lowest BCUT2D eigenvalue weighted by atomic mass is 10.2. The highest BCUT2D eigenvalue weighted by Gasteiger charge is 2.15. The number of amides is 1. The molecular weight excluding hydrogens is 236 g/mol. The Labute approximate surface area is 103 Å². The van der Waals surface area contributed by atoms with Gasteiger partial charge in [0.2, 0.25) is 0 Å². The molecule has 0 radical (unpaired) electrons. The van der Waals surface area contributed by atoms with Crippen molar-refractivity contribution >= 4 is 23.3 Å². The van der Waals surface area contributed by atoms with E-state index in [9.17, 15) is 9.59 Å². The summed E-state index contributed by atoms with van der Waals surface area (Å²) in [6.07, 6.45) is 2.56. The molecule has 0 saturated heterocycles. The predicted molar refractivity (Wildman–Crippen MR) is 65.8 cm³/mol. The van der Waals surface area contributed by atoms with Crippen molar-refractivity contribution in [3.8, 4) is 5.75 Å². The van der Waals surface area contributed by atoms with Crippen LogP contribution in [0, 0.1) is 0 Å². The molecule has 2 rings (SSSR count). The number of aliphatic carboxylic acids is 1. The van der Waals surface area contributed by atoms with Crippen LogP contribution in [-0.2, 0) is 9.59 Å². The van der Waals surface area contributed by atoms with E-state index in [1.807, 2.05) is 0 Å². The molecule has 1 aliphatic heterocycles. The summed E-state index contributed by atoms with van der Waals surface area (Å²) in [5, 5.41) is 14.1. The number of ether oxygens (including phenoxy) is 1. The van der Waals surface area contributed by atoms with Crippen molar-refractivity contribution in [2.75, 3.05) is 23.8 Å². The van der Waals surface area contributed by atoms with E-state index in [2.05, 4.69) is 10.6 Å². The Morgan fingerprint density at radius 3 is 3.17 bits per heavy atom. The van der Waals surface area contributed by atoms with Gasteiger partial charge >= 0.3 is 5.97 Å². The summed E-state index contributed by atoms with van der Waals surface area (Å²) in [5.74, 6) is -0.547. The largest absolute Gasteiger partial charge is 0.482 e. The van der Waals surface area contributed by atoms with Gasteiger partial charge in [-0.2, -0.15) is 0 Å². The SMILES string of the molecule is O=C(O)/C=C/CNc1ccc2c(c1)NC(=O)CO2. The molecule has 0 unspecified atom stereocenters. The molecule has 94 valence electrons. The predicted octanol–water partition coefficient (Wildman–Crippen LogP) is 1.07. The van der Waals surface area contributed by atoms with E-state index in [-0.39, 0.29) is 12.5 Å². The third-order valence-corrected chi connectivity index (χ3v) is 2.30. The molecule has 1 amide bonds. The van der Waals surface area contributed by atoms with Crippen molar-refractivity contribution in [3.63, 3.8) is 0 Å². The summed E-state index contributed by atoms with van der Waals surface area (Å²) < 4.78 is 5.22. The van der Waals surface area contributed by atoms with Crippen LogP contribution in [0.1, 0.15) is 0 Å². The second-order valence-electron chi connectivity index (χ2n) is 3.67. The van der Waals surface area contributed by atoms with Crippen molar-refractivity contribution in [1.29, 1.82) is 0 Å². The molecule has 0 bridgehead atoms. The Bertz CT molecular complexity index is 511. The maximum Gasteiger partial charge on any atom is 0.328 e. The van der Waals surface area contributed by atoms with Crippen LogP contribution in [0.5, 0.6) is 5.75 Å². The fraction of sp³-hybridized carbons (Fsp3) is 0.167. The molecule has 0 fully saturated rings. The summed E-state index contributed by atoms with van der Waals surface area (Å²) in [4.78, 5) is 21.4. The molecule has 1 aromatic rings. The highest BCUT2D eigenvalue weighted by Crippen LogP contribution is 2.30. The van der Waals surface area contributed by atoms with Crippen LogP contribution in [0.3, 0.4) is 0 Å². The average molecular weight is 248 g/mol. The zero-order chi connectivity index (χ0) is 13.0. The molecule has 0 spiro atoms. The molecule has 0 atom stereocenters. The van der Waals surface area contributed by atoms with Crippen LogP contribution in [0.2, 0.25) is 0 Å². The van der Waals surface area contributed by atoms with Gasteiger partial charge in [0, 0.05) is 18.3 Å². The van der Waals surface area contributed by atoms with Crippen molar-refractivity contribution in [2.45, 2.75) is 0 Å². The Morgan fingerprint density at radius 2 is 2.39 bits per heavy atom. The zero-order valence-electron chi connectivity index (χ0n) is 9.47. The number of rotatable bonds is 4. The van der Waals surface area contributed by atoms with E-state index >= 15 is 0 Å². The maximum atomic E-state index is 11.1. The van der Waals surface area contributed by atoms with Gasteiger partial charge in [-0.15, -0.1) is 0 Å². The van der Waals surface area contributed by atoms with Gasteiger partial charge in [0.1, 0.15) is 5.75 Å². The number of carboxylic acids is 1. The van der Waals surface area contributed by atoms with E-state index in [0.29, 0.717) is 18.0 Å². The molecule has 0 aliphatic carbocycles. The molecule has 3 N–H and O–H groups in total. The van der Waals surface area contributed by atoms with Crippen LogP contribution >= 0.6 is 0 Å². The molecular formula is C12H12N2O4. The summed E-state index contributed by atoms with van der Waals surface area (Å²) in [6.45, 7) is 0.418. The zero-order valence-corrected chi connectivity index (χ0v) is 9.47. The minimum absolute atomic E-state index is 0.0289. The molecule has 0 saturated carbocycles. The van der Waals surface area contributed by atoms with Crippen LogP contribution in [0.25, 0.3) is 0 Å². The van der Waals surface area contributed by atoms with Crippen LogP contribution in [0.4, 0.5) is 11.4 Å². The Hall–Kier alpha value is -2.50. The number of benzene rings is 1. The normalized spacial score (nSPS) is 13.7. The van der Waals surface area contributed by atoms with E-state index in [4.69, 9.17) is 9.84 Å². The van der Waals surface area contributed by atoms with Crippen LogP contribution in [-0.4, -0.2) is 30.1 Å². The van der Waals surface area contributed by atoms with E-state index in [1.165, 1.54) is 6.08 Å². The highest BCUT2D eigenvalue weighted by molar-refractivity contribution is 5.96. The molecule has 1 aromatic carbocycles. The molecule has 0 aromatic heterocycles. The Morgan fingerprint density at radius 1 is 1.56 bits per heavy atom. The number of carbonyl (C=O) groups excluding carboxylic acids is 1. The van der Waals surface area contributed by atoms with Gasteiger partial charge in [-0.1, -0.05) is 6.08 Å². The molecule has 6 nitrogen and oxygen atoms in total. The van der Waals surface area contributed by atoms with Gasteiger partial charge in [-0.3, -0.25) is 4.79 Å². The number of carbonyl (C=O) groups is 2.